The normalized spacial score (nSPS) is 28.1. The van der Waals surface area contributed by atoms with Crippen LogP contribution in [0.2, 0.25) is 0 Å². The van der Waals surface area contributed by atoms with Gasteiger partial charge in [0.25, 0.3) is 0 Å². The van der Waals surface area contributed by atoms with Gasteiger partial charge >= 0.3 is 11.9 Å². The van der Waals surface area contributed by atoms with Crippen LogP contribution in [-0.2, 0) is 19.1 Å². The van der Waals surface area contributed by atoms with Gasteiger partial charge in [-0.3, -0.25) is 14.9 Å². The summed E-state index contributed by atoms with van der Waals surface area (Å²) in [5.74, 6) is -1.27. The monoisotopic (exact) mass is 354 g/mol. The molecule has 5 atom stereocenters. The van der Waals surface area contributed by atoms with Crippen molar-refractivity contribution in [2.24, 2.45) is 5.92 Å². The van der Waals surface area contributed by atoms with Crippen molar-refractivity contribution in [3.8, 4) is 0 Å². The Morgan fingerprint density at radius 3 is 2.52 bits per heavy atom. The SMILES string of the molecule is CCOC(=O)C(CC)N[C@@H](C)C(=O)N1[C@H](C(=O)O)C[C@@H]2CCCC[C@@H]21. The molecule has 1 aliphatic carbocycles. The summed E-state index contributed by atoms with van der Waals surface area (Å²) in [6, 6.07) is -1.94. The van der Waals surface area contributed by atoms with E-state index in [0.717, 1.165) is 25.7 Å². The first kappa shape index (κ1) is 19.7. The molecule has 25 heavy (non-hydrogen) atoms. The molecule has 142 valence electrons. The van der Waals surface area contributed by atoms with E-state index in [2.05, 4.69) is 5.32 Å². The number of nitrogens with one attached hydrogen (secondary N) is 1. The molecule has 1 unspecified atom stereocenters. The Hall–Kier alpha value is -1.63. The molecule has 0 aromatic heterocycles. The lowest BCUT2D eigenvalue weighted by atomic mass is 9.84. The molecule has 2 fully saturated rings. The maximum absolute atomic E-state index is 13.0. The zero-order valence-corrected chi connectivity index (χ0v) is 15.4. The van der Waals surface area contributed by atoms with Gasteiger partial charge in [0.05, 0.1) is 12.6 Å². The third-order valence-electron chi connectivity index (χ3n) is 5.43. The smallest absolute Gasteiger partial charge is 0.326 e. The van der Waals surface area contributed by atoms with Crippen LogP contribution in [0.1, 0.15) is 59.3 Å². The summed E-state index contributed by atoms with van der Waals surface area (Å²) >= 11 is 0. The molecule has 2 N–H and O–H groups in total. The fraction of sp³-hybridized carbons (Fsp3) is 0.833. The Balaban J connectivity index is 2.10. The molecule has 1 aliphatic heterocycles. The van der Waals surface area contributed by atoms with Gasteiger partial charge < -0.3 is 14.7 Å². The summed E-state index contributed by atoms with van der Waals surface area (Å²) < 4.78 is 5.03. The number of carbonyl (C=O) groups excluding carboxylic acids is 2. The predicted molar refractivity (Wildman–Crippen MR) is 91.9 cm³/mol. The number of amides is 1. The van der Waals surface area contributed by atoms with Crippen molar-refractivity contribution in [1.82, 2.24) is 10.2 Å². The number of likely N-dealkylation sites (tertiary alicyclic amines) is 1. The molecule has 7 heteroatoms. The maximum Gasteiger partial charge on any atom is 0.326 e. The highest BCUT2D eigenvalue weighted by Gasteiger charge is 2.48. The number of carbonyl (C=O) groups is 3. The predicted octanol–water partition coefficient (Wildman–Crippen LogP) is 1.55. The van der Waals surface area contributed by atoms with Gasteiger partial charge in [-0.25, -0.2) is 4.79 Å². The molecular weight excluding hydrogens is 324 g/mol. The van der Waals surface area contributed by atoms with Gasteiger partial charge in [-0.1, -0.05) is 19.8 Å². The quantitative estimate of drug-likeness (QED) is 0.674. The fourth-order valence-electron chi connectivity index (χ4n) is 4.19. The molecule has 1 heterocycles. The molecule has 2 rings (SSSR count). The maximum atomic E-state index is 13.0. The van der Waals surface area contributed by atoms with Crippen LogP contribution in [0, 0.1) is 5.92 Å². The van der Waals surface area contributed by atoms with Crippen LogP contribution in [0.5, 0.6) is 0 Å². The summed E-state index contributed by atoms with van der Waals surface area (Å²) in [5, 5.41) is 12.6. The van der Waals surface area contributed by atoms with Crippen LogP contribution < -0.4 is 5.32 Å². The highest BCUT2D eigenvalue weighted by atomic mass is 16.5. The van der Waals surface area contributed by atoms with E-state index in [1.54, 1.807) is 18.7 Å². The number of rotatable bonds is 7. The van der Waals surface area contributed by atoms with Crippen LogP contribution in [0.25, 0.3) is 0 Å². The summed E-state index contributed by atoms with van der Waals surface area (Å²) in [6.07, 6.45) is 5.02. The number of ether oxygens (including phenoxy) is 1. The second-order valence-electron chi connectivity index (χ2n) is 7.05. The molecule has 0 radical (unpaired) electrons. The van der Waals surface area contributed by atoms with E-state index in [0.29, 0.717) is 12.8 Å². The second-order valence-corrected chi connectivity index (χ2v) is 7.05. The topological polar surface area (TPSA) is 95.9 Å². The van der Waals surface area contributed by atoms with Crippen molar-refractivity contribution >= 4 is 17.8 Å². The zero-order chi connectivity index (χ0) is 18.6. The minimum atomic E-state index is -0.938. The Morgan fingerprint density at radius 2 is 1.92 bits per heavy atom. The van der Waals surface area contributed by atoms with E-state index >= 15 is 0 Å². The molecule has 0 aromatic rings. The van der Waals surface area contributed by atoms with Gasteiger partial charge in [-0.2, -0.15) is 0 Å². The first-order chi connectivity index (χ1) is 11.9. The van der Waals surface area contributed by atoms with E-state index in [1.165, 1.54) is 0 Å². The average molecular weight is 354 g/mol. The Labute approximate surface area is 149 Å². The van der Waals surface area contributed by atoms with Crippen molar-refractivity contribution in [2.45, 2.75) is 83.5 Å². The lowest BCUT2D eigenvalue weighted by molar-refractivity contribution is -0.152. The van der Waals surface area contributed by atoms with Crippen LogP contribution in [0.4, 0.5) is 0 Å². The molecule has 0 aromatic carbocycles. The molecule has 7 nitrogen and oxygen atoms in total. The third kappa shape index (κ3) is 4.32. The Kier molecular flexibility index (Phi) is 6.81. The second kappa shape index (κ2) is 8.65. The van der Waals surface area contributed by atoms with Crippen LogP contribution >= 0.6 is 0 Å². The first-order valence-corrected chi connectivity index (χ1v) is 9.38. The minimum Gasteiger partial charge on any atom is -0.480 e. The van der Waals surface area contributed by atoms with E-state index in [4.69, 9.17) is 4.74 Å². The first-order valence-electron chi connectivity index (χ1n) is 9.38. The van der Waals surface area contributed by atoms with E-state index in [9.17, 15) is 19.5 Å². The van der Waals surface area contributed by atoms with E-state index in [1.807, 2.05) is 6.92 Å². The van der Waals surface area contributed by atoms with Gasteiger partial charge in [-0.05, 0) is 45.4 Å². The highest BCUT2D eigenvalue weighted by Crippen LogP contribution is 2.40. The van der Waals surface area contributed by atoms with E-state index < -0.39 is 24.1 Å². The minimum absolute atomic E-state index is 0.00858. The molecule has 1 amide bonds. The summed E-state index contributed by atoms with van der Waals surface area (Å²) in [7, 11) is 0. The number of carboxylic acid groups (broad SMARTS) is 1. The van der Waals surface area contributed by atoms with Crippen LogP contribution in [0.3, 0.4) is 0 Å². The van der Waals surface area contributed by atoms with Gasteiger partial charge in [0, 0.05) is 6.04 Å². The number of aliphatic carboxylic acids is 1. The Bertz CT molecular complexity index is 510. The van der Waals surface area contributed by atoms with Crippen LogP contribution in [0.15, 0.2) is 0 Å². The molecular formula is C18H30N2O5. The average Bonchev–Trinajstić information content (AvgIpc) is 2.98. The van der Waals surface area contributed by atoms with Crippen molar-refractivity contribution in [3.05, 3.63) is 0 Å². The standard InChI is InChI=1S/C18H30N2O5/c1-4-13(18(24)25-5-2)19-11(3)16(21)20-14-9-7-6-8-12(14)10-15(20)17(22)23/h11-15,19H,4-10H2,1-3H3,(H,22,23)/t11-,12-,13?,14-,15-/m0/s1. The van der Waals surface area contributed by atoms with Gasteiger partial charge in [0.1, 0.15) is 12.1 Å². The third-order valence-corrected chi connectivity index (χ3v) is 5.43. The number of hydrogen-bond donors (Lipinski definition) is 2. The van der Waals surface area contributed by atoms with Crippen molar-refractivity contribution in [3.63, 3.8) is 0 Å². The molecule has 2 aliphatic rings. The molecule has 1 saturated carbocycles. The van der Waals surface area contributed by atoms with Crippen molar-refractivity contribution in [1.29, 1.82) is 0 Å². The molecule has 0 bridgehead atoms. The Morgan fingerprint density at radius 1 is 1.24 bits per heavy atom. The van der Waals surface area contributed by atoms with Crippen molar-refractivity contribution < 1.29 is 24.2 Å². The van der Waals surface area contributed by atoms with E-state index in [-0.39, 0.29) is 30.4 Å². The molecule has 0 spiro atoms. The zero-order valence-electron chi connectivity index (χ0n) is 15.4. The van der Waals surface area contributed by atoms with Gasteiger partial charge in [-0.15, -0.1) is 0 Å². The number of hydrogen-bond acceptors (Lipinski definition) is 5. The number of carboxylic acids is 1. The number of esters is 1. The highest BCUT2D eigenvalue weighted by molar-refractivity contribution is 5.88. The van der Waals surface area contributed by atoms with Crippen molar-refractivity contribution in [2.75, 3.05) is 6.61 Å². The van der Waals surface area contributed by atoms with Crippen LogP contribution in [-0.4, -0.2) is 58.6 Å². The van der Waals surface area contributed by atoms with Gasteiger partial charge in [0.15, 0.2) is 0 Å². The summed E-state index contributed by atoms with van der Waals surface area (Å²) in [6.45, 7) is 5.57. The fourth-order valence-corrected chi connectivity index (χ4v) is 4.19. The summed E-state index contributed by atoms with van der Waals surface area (Å²) in [5.41, 5.74) is 0. The summed E-state index contributed by atoms with van der Waals surface area (Å²) in [4.78, 5) is 38.2. The van der Waals surface area contributed by atoms with Gasteiger partial charge in [0.2, 0.25) is 5.91 Å². The largest absolute Gasteiger partial charge is 0.480 e. The molecule has 1 saturated heterocycles. The number of fused-ring (bicyclic) bond motifs is 1. The lowest BCUT2D eigenvalue weighted by Crippen LogP contribution is -2.55. The lowest BCUT2D eigenvalue weighted by Gasteiger charge is -2.35. The number of nitrogens with zero attached hydrogens (tertiary/aromatic N) is 1.